The normalized spacial score (nSPS) is 21.6. The molecule has 22 heavy (non-hydrogen) atoms. The first-order valence-corrected chi connectivity index (χ1v) is 7.75. The fraction of sp³-hybridized carbons (Fsp3) is 0.333. The summed E-state index contributed by atoms with van der Waals surface area (Å²) in [5.41, 5.74) is 9.48. The fourth-order valence-electron chi connectivity index (χ4n) is 3.15. The van der Waals surface area contributed by atoms with Gasteiger partial charge in [0.25, 0.3) is 0 Å². The molecule has 114 valence electrons. The second-order valence-corrected chi connectivity index (χ2v) is 5.84. The fourth-order valence-corrected chi connectivity index (χ4v) is 3.15. The number of carbonyl (C=O) groups is 1. The average Bonchev–Trinajstić information content (AvgIpc) is 2.58. The Morgan fingerprint density at radius 3 is 2.95 bits per heavy atom. The average molecular weight is 295 g/mol. The van der Waals surface area contributed by atoms with Crippen LogP contribution < -0.4 is 5.73 Å². The lowest BCUT2D eigenvalue weighted by atomic mass is 9.91. The number of pyridine rings is 1. The van der Waals surface area contributed by atoms with Crippen molar-refractivity contribution < 1.29 is 4.79 Å². The van der Waals surface area contributed by atoms with Crippen molar-refractivity contribution in [3.05, 3.63) is 54.2 Å². The zero-order valence-corrected chi connectivity index (χ0v) is 12.6. The summed E-state index contributed by atoms with van der Waals surface area (Å²) >= 11 is 0. The number of rotatable bonds is 4. The van der Waals surface area contributed by atoms with Gasteiger partial charge in [0.1, 0.15) is 0 Å². The molecule has 2 heterocycles. The van der Waals surface area contributed by atoms with Crippen LogP contribution >= 0.6 is 0 Å². The predicted molar refractivity (Wildman–Crippen MR) is 87.1 cm³/mol. The Morgan fingerprint density at radius 2 is 2.18 bits per heavy atom. The van der Waals surface area contributed by atoms with Crippen molar-refractivity contribution in [1.82, 2.24) is 9.88 Å². The van der Waals surface area contributed by atoms with E-state index in [0.717, 1.165) is 43.5 Å². The van der Waals surface area contributed by atoms with E-state index < -0.39 is 0 Å². The van der Waals surface area contributed by atoms with Crippen LogP contribution in [0.3, 0.4) is 0 Å². The Hall–Kier alpha value is -2.20. The lowest BCUT2D eigenvalue weighted by Crippen LogP contribution is -2.52. The van der Waals surface area contributed by atoms with E-state index in [2.05, 4.69) is 23.2 Å². The summed E-state index contributed by atoms with van der Waals surface area (Å²) in [6, 6.07) is 14.4. The Balaban J connectivity index is 1.82. The minimum Gasteiger partial charge on any atom is -0.340 e. The molecule has 0 radical (unpaired) electrons. The van der Waals surface area contributed by atoms with Gasteiger partial charge in [0.2, 0.25) is 6.41 Å². The van der Waals surface area contributed by atoms with Gasteiger partial charge in [-0.3, -0.25) is 9.78 Å². The maximum Gasteiger partial charge on any atom is 0.210 e. The van der Waals surface area contributed by atoms with Crippen LogP contribution in [0, 0.1) is 0 Å². The highest BCUT2D eigenvalue weighted by Gasteiger charge is 2.28. The van der Waals surface area contributed by atoms with E-state index in [-0.39, 0.29) is 12.1 Å². The molecular formula is C18H21N3O. The molecule has 0 spiro atoms. The first-order chi connectivity index (χ1) is 10.8. The minimum absolute atomic E-state index is 0.0532. The molecular weight excluding hydrogens is 274 g/mol. The molecule has 2 atom stereocenters. The maximum absolute atomic E-state index is 11.3. The van der Waals surface area contributed by atoms with Crippen LogP contribution in [0.2, 0.25) is 0 Å². The smallest absolute Gasteiger partial charge is 0.210 e. The molecule has 0 saturated carbocycles. The van der Waals surface area contributed by atoms with Crippen LogP contribution in [0.4, 0.5) is 0 Å². The molecule has 2 aromatic rings. The van der Waals surface area contributed by atoms with Crippen molar-refractivity contribution in [2.75, 3.05) is 6.54 Å². The van der Waals surface area contributed by atoms with Crippen LogP contribution in [0.5, 0.6) is 0 Å². The van der Waals surface area contributed by atoms with Crippen LogP contribution in [0.15, 0.2) is 48.7 Å². The van der Waals surface area contributed by atoms with E-state index in [1.54, 1.807) is 6.20 Å². The molecule has 4 heteroatoms. The quantitative estimate of drug-likeness (QED) is 0.880. The maximum atomic E-state index is 11.3. The topological polar surface area (TPSA) is 59.2 Å². The molecule has 1 aromatic heterocycles. The molecule has 0 aliphatic carbocycles. The summed E-state index contributed by atoms with van der Waals surface area (Å²) in [5.74, 6) is 0. The van der Waals surface area contributed by atoms with E-state index >= 15 is 0 Å². The Bertz CT molecular complexity index is 629. The lowest BCUT2D eigenvalue weighted by molar-refractivity contribution is -0.121. The summed E-state index contributed by atoms with van der Waals surface area (Å²) in [6.45, 7) is 0.807. The number of aromatic nitrogens is 1. The molecule has 0 bridgehead atoms. The number of benzene rings is 1. The minimum atomic E-state index is 0.0532. The molecule has 4 nitrogen and oxygen atoms in total. The Labute approximate surface area is 131 Å². The number of amides is 1. The van der Waals surface area contributed by atoms with Crippen LogP contribution in [-0.4, -0.2) is 34.9 Å². The van der Waals surface area contributed by atoms with E-state index in [4.69, 9.17) is 5.73 Å². The van der Waals surface area contributed by atoms with Crippen molar-refractivity contribution >= 4 is 6.41 Å². The molecule has 1 amide bonds. The highest BCUT2D eigenvalue weighted by atomic mass is 16.1. The van der Waals surface area contributed by atoms with Crippen molar-refractivity contribution in [3.63, 3.8) is 0 Å². The summed E-state index contributed by atoms with van der Waals surface area (Å²) in [6.07, 6.45) is 5.50. The zero-order valence-electron chi connectivity index (χ0n) is 12.6. The largest absolute Gasteiger partial charge is 0.340 e. The molecule has 2 N–H and O–H groups in total. The van der Waals surface area contributed by atoms with Gasteiger partial charge in [-0.15, -0.1) is 0 Å². The molecule has 1 aliphatic heterocycles. The number of nitrogens with two attached hydrogens (primary N) is 1. The lowest BCUT2D eigenvalue weighted by Gasteiger charge is -2.37. The van der Waals surface area contributed by atoms with Crippen molar-refractivity contribution in [2.45, 2.75) is 31.3 Å². The second-order valence-electron chi connectivity index (χ2n) is 5.84. The summed E-state index contributed by atoms with van der Waals surface area (Å²) in [5, 5.41) is 0. The SMILES string of the molecule is NC1CCCN(C=O)C1Cc1cccc(-c2ccccn2)c1. The van der Waals surface area contributed by atoms with Crippen LogP contribution in [-0.2, 0) is 11.2 Å². The molecule has 2 unspecified atom stereocenters. The third-order valence-corrected chi connectivity index (χ3v) is 4.34. The highest BCUT2D eigenvalue weighted by molar-refractivity contribution is 5.59. The molecule has 1 aromatic carbocycles. The van der Waals surface area contributed by atoms with E-state index in [9.17, 15) is 4.79 Å². The summed E-state index contributed by atoms with van der Waals surface area (Å²) in [7, 11) is 0. The van der Waals surface area contributed by atoms with Crippen molar-refractivity contribution in [3.8, 4) is 11.3 Å². The molecule has 1 aliphatic rings. The molecule has 3 rings (SSSR count). The van der Waals surface area contributed by atoms with E-state index in [1.165, 1.54) is 5.56 Å². The van der Waals surface area contributed by atoms with Gasteiger partial charge in [-0.2, -0.15) is 0 Å². The first-order valence-electron chi connectivity index (χ1n) is 7.75. The summed E-state index contributed by atoms with van der Waals surface area (Å²) in [4.78, 5) is 17.5. The van der Waals surface area contributed by atoms with Gasteiger partial charge < -0.3 is 10.6 Å². The van der Waals surface area contributed by atoms with Crippen molar-refractivity contribution in [1.29, 1.82) is 0 Å². The van der Waals surface area contributed by atoms with Gasteiger partial charge >= 0.3 is 0 Å². The third-order valence-electron chi connectivity index (χ3n) is 4.34. The van der Waals surface area contributed by atoms with Gasteiger partial charge in [-0.05, 0) is 43.0 Å². The highest BCUT2D eigenvalue weighted by Crippen LogP contribution is 2.22. The monoisotopic (exact) mass is 295 g/mol. The number of carbonyl (C=O) groups excluding carboxylic acids is 1. The first kappa shape index (κ1) is 14.7. The number of hydrogen-bond acceptors (Lipinski definition) is 3. The molecule has 1 saturated heterocycles. The molecule has 1 fully saturated rings. The van der Waals surface area contributed by atoms with Crippen LogP contribution in [0.1, 0.15) is 18.4 Å². The van der Waals surface area contributed by atoms with Gasteiger partial charge in [0.15, 0.2) is 0 Å². The summed E-state index contributed by atoms with van der Waals surface area (Å²) < 4.78 is 0. The predicted octanol–water partition coefficient (Wildman–Crippen LogP) is 2.24. The van der Waals surface area contributed by atoms with Crippen molar-refractivity contribution in [2.24, 2.45) is 5.73 Å². The second kappa shape index (κ2) is 6.71. The zero-order chi connectivity index (χ0) is 15.4. The number of hydrogen-bond donors (Lipinski definition) is 1. The third kappa shape index (κ3) is 3.17. The Morgan fingerprint density at radius 1 is 1.27 bits per heavy atom. The van der Waals surface area contributed by atoms with E-state index in [0.29, 0.717) is 0 Å². The number of likely N-dealkylation sites (tertiary alicyclic amines) is 1. The van der Waals surface area contributed by atoms with Gasteiger partial charge in [0.05, 0.1) is 11.7 Å². The van der Waals surface area contributed by atoms with Gasteiger partial charge in [-0.25, -0.2) is 0 Å². The van der Waals surface area contributed by atoms with E-state index in [1.807, 2.05) is 29.2 Å². The van der Waals surface area contributed by atoms with Crippen LogP contribution in [0.25, 0.3) is 11.3 Å². The van der Waals surface area contributed by atoms with Gasteiger partial charge in [0, 0.05) is 24.3 Å². The standard InChI is InChI=1S/C18H21N3O/c19-16-7-4-10-21(13-22)18(16)12-14-5-3-6-15(11-14)17-8-1-2-9-20-17/h1-3,5-6,8-9,11,13,16,18H,4,7,10,12,19H2. The Kier molecular flexibility index (Phi) is 4.49. The number of nitrogens with zero attached hydrogens (tertiary/aromatic N) is 2. The van der Waals surface area contributed by atoms with Gasteiger partial charge in [-0.1, -0.05) is 24.3 Å². The number of piperidine rings is 1.